The maximum atomic E-state index is 5.79. The fraction of sp³-hybridized carbons (Fsp3) is 0.444. The van der Waals surface area contributed by atoms with Gasteiger partial charge in [-0.25, -0.2) is 0 Å². The molecule has 8 heteroatoms. The first-order chi connectivity index (χ1) is 8.22. The van der Waals surface area contributed by atoms with Crippen molar-refractivity contribution in [2.75, 3.05) is 12.8 Å². The Labute approximate surface area is 112 Å². The summed E-state index contributed by atoms with van der Waals surface area (Å²) in [5.41, 5.74) is 6.92. The largest absolute Gasteiger partial charge is 0.329 e. The molecule has 0 aliphatic heterocycles. The normalized spacial score (nSPS) is 12.9. The van der Waals surface area contributed by atoms with E-state index in [2.05, 4.69) is 15.3 Å². The molecule has 0 bridgehead atoms. The van der Waals surface area contributed by atoms with Crippen molar-refractivity contribution in [1.82, 2.24) is 20.0 Å². The zero-order valence-electron chi connectivity index (χ0n) is 9.53. The van der Waals surface area contributed by atoms with Crippen LogP contribution < -0.4 is 5.73 Å². The molecule has 2 rings (SSSR count). The van der Waals surface area contributed by atoms with Gasteiger partial charge in [0, 0.05) is 25.4 Å². The molecule has 0 fully saturated rings. The summed E-state index contributed by atoms with van der Waals surface area (Å²) in [7, 11) is 1.90. The summed E-state index contributed by atoms with van der Waals surface area (Å²) in [6.07, 6.45) is 5.83. The van der Waals surface area contributed by atoms with Crippen LogP contribution in [0.1, 0.15) is 10.8 Å². The molecular formula is C9H13N5S3. The minimum atomic E-state index is 0.186. The highest BCUT2D eigenvalue weighted by atomic mass is 32.2. The van der Waals surface area contributed by atoms with E-state index in [4.69, 9.17) is 5.73 Å². The summed E-state index contributed by atoms with van der Waals surface area (Å²) in [6.45, 7) is 0.560. The van der Waals surface area contributed by atoms with E-state index in [-0.39, 0.29) is 5.25 Å². The van der Waals surface area contributed by atoms with Crippen molar-refractivity contribution in [3.8, 4) is 0 Å². The zero-order chi connectivity index (χ0) is 12.3. The number of hydrogen-bond donors (Lipinski definition) is 1. The van der Waals surface area contributed by atoms with E-state index in [1.54, 1.807) is 39.5 Å². The second-order valence-corrected chi connectivity index (χ2v) is 6.81. The molecule has 0 spiro atoms. The third-order valence-electron chi connectivity index (χ3n) is 2.12. The van der Waals surface area contributed by atoms with E-state index in [0.29, 0.717) is 6.54 Å². The molecule has 92 valence electrons. The average Bonchev–Trinajstić information content (AvgIpc) is 2.94. The number of thioether (sulfide) groups is 2. The van der Waals surface area contributed by atoms with Crippen molar-refractivity contribution < 1.29 is 0 Å². The van der Waals surface area contributed by atoms with Crippen LogP contribution in [0, 0.1) is 0 Å². The SMILES string of the molecule is CSc1nnc(SC(CN)c2cnn(C)c2)s1. The van der Waals surface area contributed by atoms with Crippen LogP contribution in [0.5, 0.6) is 0 Å². The van der Waals surface area contributed by atoms with E-state index >= 15 is 0 Å². The van der Waals surface area contributed by atoms with Gasteiger partial charge < -0.3 is 5.73 Å². The van der Waals surface area contributed by atoms with E-state index < -0.39 is 0 Å². The Hall–Kier alpha value is -0.570. The van der Waals surface area contributed by atoms with Gasteiger partial charge in [0.2, 0.25) is 0 Å². The molecule has 0 aromatic carbocycles. The van der Waals surface area contributed by atoms with Gasteiger partial charge in [-0.1, -0.05) is 34.9 Å². The summed E-state index contributed by atoms with van der Waals surface area (Å²) in [4.78, 5) is 0. The first-order valence-electron chi connectivity index (χ1n) is 4.95. The molecule has 0 saturated heterocycles. The van der Waals surface area contributed by atoms with Gasteiger partial charge in [0.25, 0.3) is 0 Å². The standard InChI is InChI=1S/C9H13N5S3/c1-14-5-6(4-11-14)7(3-10)16-9-13-12-8(15-2)17-9/h4-5,7H,3,10H2,1-2H3. The fourth-order valence-corrected chi connectivity index (χ4v) is 3.93. The molecule has 2 N–H and O–H groups in total. The molecule has 2 aromatic heterocycles. The van der Waals surface area contributed by atoms with Crippen molar-refractivity contribution >= 4 is 34.9 Å². The van der Waals surface area contributed by atoms with Crippen LogP contribution in [0.3, 0.4) is 0 Å². The lowest BCUT2D eigenvalue weighted by Gasteiger charge is -2.09. The lowest BCUT2D eigenvalue weighted by atomic mass is 10.2. The maximum absolute atomic E-state index is 5.79. The lowest BCUT2D eigenvalue weighted by molar-refractivity contribution is 0.766. The van der Waals surface area contributed by atoms with Crippen LogP contribution in [0.25, 0.3) is 0 Å². The monoisotopic (exact) mass is 287 g/mol. The molecule has 17 heavy (non-hydrogen) atoms. The number of aryl methyl sites for hydroxylation is 1. The number of aromatic nitrogens is 4. The Bertz CT molecular complexity index is 480. The molecule has 0 saturated carbocycles. The summed E-state index contributed by atoms with van der Waals surface area (Å²) >= 11 is 4.85. The minimum Gasteiger partial charge on any atom is -0.329 e. The van der Waals surface area contributed by atoms with Gasteiger partial charge in [-0.15, -0.1) is 10.2 Å². The smallest absolute Gasteiger partial charge is 0.175 e. The molecule has 2 aromatic rings. The lowest BCUT2D eigenvalue weighted by Crippen LogP contribution is -2.08. The van der Waals surface area contributed by atoms with Crippen molar-refractivity contribution in [1.29, 1.82) is 0 Å². The first kappa shape index (κ1) is 12.9. The summed E-state index contributed by atoms with van der Waals surface area (Å²) < 4.78 is 3.72. The Morgan fingerprint density at radius 3 is 2.76 bits per heavy atom. The predicted molar refractivity (Wildman–Crippen MR) is 72.6 cm³/mol. The number of rotatable bonds is 5. The molecular weight excluding hydrogens is 274 g/mol. The summed E-state index contributed by atoms with van der Waals surface area (Å²) in [5.74, 6) is 0. The van der Waals surface area contributed by atoms with Gasteiger partial charge in [-0.05, 0) is 6.26 Å². The van der Waals surface area contributed by atoms with Gasteiger partial charge in [-0.2, -0.15) is 5.10 Å². The molecule has 0 aliphatic carbocycles. The third-order valence-corrected chi connectivity index (χ3v) is 5.38. The Balaban J connectivity index is 2.09. The van der Waals surface area contributed by atoms with Crippen molar-refractivity contribution in [2.24, 2.45) is 12.8 Å². The van der Waals surface area contributed by atoms with Crippen LogP contribution in [-0.4, -0.2) is 32.8 Å². The van der Waals surface area contributed by atoms with E-state index in [0.717, 1.165) is 14.2 Å². The van der Waals surface area contributed by atoms with Crippen LogP contribution in [0.2, 0.25) is 0 Å². The number of nitrogens with zero attached hydrogens (tertiary/aromatic N) is 4. The molecule has 0 radical (unpaired) electrons. The number of nitrogens with two attached hydrogens (primary N) is 1. The van der Waals surface area contributed by atoms with Crippen molar-refractivity contribution in [2.45, 2.75) is 13.9 Å². The van der Waals surface area contributed by atoms with Gasteiger partial charge >= 0.3 is 0 Å². The predicted octanol–water partition coefficient (Wildman–Crippen LogP) is 1.79. The van der Waals surface area contributed by atoms with Gasteiger partial charge in [-0.3, -0.25) is 4.68 Å². The number of hydrogen-bond acceptors (Lipinski definition) is 7. The van der Waals surface area contributed by atoms with Crippen molar-refractivity contribution in [3.63, 3.8) is 0 Å². The minimum absolute atomic E-state index is 0.186. The fourth-order valence-electron chi connectivity index (χ4n) is 1.31. The summed E-state index contributed by atoms with van der Waals surface area (Å²) in [6, 6.07) is 0. The van der Waals surface area contributed by atoms with Crippen LogP contribution in [-0.2, 0) is 7.05 Å². The zero-order valence-corrected chi connectivity index (χ0v) is 12.0. The molecule has 5 nitrogen and oxygen atoms in total. The highest BCUT2D eigenvalue weighted by molar-refractivity contribution is 8.03. The van der Waals surface area contributed by atoms with E-state index in [1.165, 1.54) is 0 Å². The maximum Gasteiger partial charge on any atom is 0.175 e. The van der Waals surface area contributed by atoms with Gasteiger partial charge in [0.1, 0.15) is 0 Å². The topological polar surface area (TPSA) is 69.6 Å². The Kier molecular flexibility index (Phi) is 4.43. The highest BCUT2D eigenvalue weighted by Gasteiger charge is 2.16. The van der Waals surface area contributed by atoms with E-state index in [9.17, 15) is 0 Å². The summed E-state index contributed by atoms with van der Waals surface area (Å²) in [5, 5.41) is 12.6. The molecule has 1 atom stereocenters. The van der Waals surface area contributed by atoms with Crippen LogP contribution in [0.15, 0.2) is 21.1 Å². The molecule has 1 unspecified atom stereocenters. The molecule has 0 amide bonds. The first-order valence-corrected chi connectivity index (χ1v) is 7.87. The van der Waals surface area contributed by atoms with Crippen LogP contribution in [0.4, 0.5) is 0 Å². The van der Waals surface area contributed by atoms with Crippen molar-refractivity contribution in [3.05, 3.63) is 18.0 Å². The highest BCUT2D eigenvalue weighted by Crippen LogP contribution is 2.37. The molecule has 0 aliphatic rings. The molecule has 2 heterocycles. The second-order valence-electron chi connectivity index (χ2n) is 3.33. The Morgan fingerprint density at radius 1 is 1.47 bits per heavy atom. The average molecular weight is 287 g/mol. The van der Waals surface area contributed by atoms with Gasteiger partial charge in [0.15, 0.2) is 8.68 Å². The Morgan fingerprint density at radius 2 is 2.24 bits per heavy atom. The quantitative estimate of drug-likeness (QED) is 0.845. The van der Waals surface area contributed by atoms with Crippen LogP contribution >= 0.6 is 34.9 Å². The third kappa shape index (κ3) is 3.21. The second kappa shape index (κ2) is 5.85. The van der Waals surface area contributed by atoms with Gasteiger partial charge in [0.05, 0.1) is 11.4 Å². The van der Waals surface area contributed by atoms with E-state index in [1.807, 2.05) is 25.7 Å².